The Bertz CT molecular complexity index is 898. The predicted octanol–water partition coefficient (Wildman–Crippen LogP) is 2.24. The fraction of sp³-hybridized carbons (Fsp3) is 0.333. The lowest BCUT2D eigenvalue weighted by Gasteiger charge is -2.33. The molecule has 0 saturated carbocycles. The number of benzene rings is 2. The first-order chi connectivity index (χ1) is 13.5. The van der Waals surface area contributed by atoms with Crippen LogP contribution in [-0.4, -0.2) is 42.4 Å². The summed E-state index contributed by atoms with van der Waals surface area (Å²) in [7, 11) is 0. The van der Waals surface area contributed by atoms with Crippen LogP contribution < -0.4 is 10.2 Å². The van der Waals surface area contributed by atoms with Crippen LogP contribution in [0.5, 0.6) is 0 Å². The molecule has 2 aliphatic heterocycles. The van der Waals surface area contributed by atoms with E-state index in [0.29, 0.717) is 25.2 Å². The lowest BCUT2D eigenvalue weighted by molar-refractivity contribution is -0.138. The molecule has 5 nitrogen and oxygen atoms in total. The minimum Gasteiger partial charge on any atom is -0.336 e. The molecule has 28 heavy (non-hydrogen) atoms. The number of hydrogen-bond donors (Lipinski definition) is 1. The number of hydrogen-bond acceptors (Lipinski definition) is 3. The van der Waals surface area contributed by atoms with E-state index in [4.69, 9.17) is 0 Å². The molecule has 2 aliphatic rings. The van der Waals surface area contributed by atoms with Crippen molar-refractivity contribution in [1.29, 1.82) is 0 Å². The molecule has 146 valence electrons. The van der Waals surface area contributed by atoms with Crippen LogP contribution in [0.2, 0.25) is 0 Å². The van der Waals surface area contributed by atoms with E-state index in [9.17, 15) is 18.4 Å². The molecule has 0 spiro atoms. The zero-order valence-corrected chi connectivity index (χ0v) is 15.3. The average molecular weight is 385 g/mol. The third-order valence-corrected chi connectivity index (χ3v) is 5.24. The lowest BCUT2D eigenvalue weighted by atomic mass is 10.1. The quantitative estimate of drug-likeness (QED) is 0.878. The number of carbonyl (C=O) groups excluding carboxylic acids is 2. The predicted molar refractivity (Wildman–Crippen MR) is 101 cm³/mol. The summed E-state index contributed by atoms with van der Waals surface area (Å²) in [5.74, 6) is -1.67. The molecule has 7 heteroatoms. The standard InChI is InChI=1S/C21H21F2N3O2/c22-16-9-14(10-17(23)11-16)13-25-8-6-24-18(21(25)28)12-20(27)26-7-5-15-3-1-2-4-19(15)26/h1-4,9-11,18,24H,5-8,12-13H2. The van der Waals surface area contributed by atoms with E-state index in [1.165, 1.54) is 12.1 Å². The molecule has 2 aromatic rings. The Balaban J connectivity index is 1.43. The van der Waals surface area contributed by atoms with Crippen LogP contribution in [0.15, 0.2) is 42.5 Å². The van der Waals surface area contributed by atoms with Gasteiger partial charge >= 0.3 is 0 Å². The smallest absolute Gasteiger partial charge is 0.240 e. The number of fused-ring (bicyclic) bond motifs is 1. The third kappa shape index (κ3) is 3.75. The fourth-order valence-corrected chi connectivity index (χ4v) is 3.91. The molecule has 0 radical (unpaired) electrons. The molecule has 2 heterocycles. The van der Waals surface area contributed by atoms with Crippen LogP contribution in [0.3, 0.4) is 0 Å². The number of piperazine rings is 1. The number of amides is 2. The summed E-state index contributed by atoms with van der Waals surface area (Å²) in [5, 5.41) is 3.10. The van der Waals surface area contributed by atoms with Crippen molar-refractivity contribution in [2.24, 2.45) is 0 Å². The second-order valence-corrected chi connectivity index (χ2v) is 7.17. The molecule has 0 aliphatic carbocycles. The van der Waals surface area contributed by atoms with Crippen molar-refractivity contribution in [3.63, 3.8) is 0 Å². The zero-order chi connectivity index (χ0) is 19.7. The van der Waals surface area contributed by atoms with Gasteiger partial charge in [-0.15, -0.1) is 0 Å². The van der Waals surface area contributed by atoms with Crippen molar-refractivity contribution in [2.45, 2.75) is 25.4 Å². The van der Waals surface area contributed by atoms with Gasteiger partial charge in [0.05, 0.1) is 12.5 Å². The van der Waals surface area contributed by atoms with E-state index >= 15 is 0 Å². The van der Waals surface area contributed by atoms with E-state index in [1.54, 1.807) is 9.80 Å². The van der Waals surface area contributed by atoms with Crippen LogP contribution in [-0.2, 0) is 22.6 Å². The van der Waals surface area contributed by atoms with E-state index < -0.39 is 17.7 Å². The van der Waals surface area contributed by atoms with Gasteiger partial charge in [0.25, 0.3) is 0 Å². The molecular formula is C21H21F2N3O2. The van der Waals surface area contributed by atoms with Crippen molar-refractivity contribution in [1.82, 2.24) is 10.2 Å². The normalized spacial score (nSPS) is 19.1. The first-order valence-electron chi connectivity index (χ1n) is 9.36. The number of nitrogens with zero attached hydrogens (tertiary/aromatic N) is 2. The molecular weight excluding hydrogens is 364 g/mol. The van der Waals surface area contributed by atoms with E-state index in [-0.39, 0.29) is 24.8 Å². The summed E-state index contributed by atoms with van der Waals surface area (Å²) in [6.45, 7) is 1.68. The lowest BCUT2D eigenvalue weighted by Crippen LogP contribution is -2.56. The maximum Gasteiger partial charge on any atom is 0.240 e. The number of carbonyl (C=O) groups is 2. The molecule has 1 fully saturated rings. The summed E-state index contributed by atoms with van der Waals surface area (Å²) >= 11 is 0. The molecule has 4 rings (SSSR count). The van der Waals surface area contributed by atoms with Crippen LogP contribution in [0.25, 0.3) is 0 Å². The molecule has 2 amide bonds. The Morgan fingerprint density at radius 3 is 2.64 bits per heavy atom. The van der Waals surface area contributed by atoms with Gasteiger partial charge in [0.15, 0.2) is 0 Å². The first kappa shape index (κ1) is 18.6. The van der Waals surface area contributed by atoms with Crippen molar-refractivity contribution in [3.05, 3.63) is 65.2 Å². The minimum atomic E-state index is -0.669. The Morgan fingerprint density at radius 2 is 1.86 bits per heavy atom. The number of rotatable bonds is 4. The van der Waals surface area contributed by atoms with Gasteiger partial charge in [0.2, 0.25) is 11.8 Å². The summed E-state index contributed by atoms with van der Waals surface area (Å²) in [5.41, 5.74) is 2.43. The highest BCUT2D eigenvalue weighted by Crippen LogP contribution is 2.28. The fourth-order valence-electron chi connectivity index (χ4n) is 3.91. The third-order valence-electron chi connectivity index (χ3n) is 5.24. The molecule has 1 atom stereocenters. The highest BCUT2D eigenvalue weighted by Gasteiger charge is 2.33. The Morgan fingerprint density at radius 1 is 1.11 bits per heavy atom. The van der Waals surface area contributed by atoms with Gasteiger partial charge in [-0.1, -0.05) is 18.2 Å². The number of anilines is 1. The first-order valence-corrected chi connectivity index (χ1v) is 9.36. The summed E-state index contributed by atoms with van der Waals surface area (Å²) in [6.07, 6.45) is 0.867. The molecule has 2 aromatic carbocycles. The van der Waals surface area contributed by atoms with Gasteiger partial charge in [0.1, 0.15) is 11.6 Å². The van der Waals surface area contributed by atoms with E-state index in [0.717, 1.165) is 23.7 Å². The van der Waals surface area contributed by atoms with Crippen LogP contribution in [0.1, 0.15) is 17.5 Å². The number of para-hydroxylation sites is 1. The topological polar surface area (TPSA) is 52.7 Å². The van der Waals surface area contributed by atoms with Gasteiger partial charge < -0.3 is 15.1 Å². The van der Waals surface area contributed by atoms with E-state index in [2.05, 4.69) is 5.32 Å². The van der Waals surface area contributed by atoms with Crippen LogP contribution in [0, 0.1) is 11.6 Å². The molecule has 0 bridgehead atoms. The second-order valence-electron chi connectivity index (χ2n) is 7.17. The summed E-state index contributed by atoms with van der Waals surface area (Å²) < 4.78 is 26.8. The van der Waals surface area contributed by atoms with Gasteiger partial charge in [-0.3, -0.25) is 9.59 Å². The van der Waals surface area contributed by atoms with Crippen LogP contribution in [0.4, 0.5) is 14.5 Å². The second kappa shape index (κ2) is 7.67. The molecule has 1 N–H and O–H groups in total. The molecule has 0 aromatic heterocycles. The van der Waals surface area contributed by atoms with E-state index in [1.807, 2.05) is 24.3 Å². The monoisotopic (exact) mass is 385 g/mol. The van der Waals surface area contributed by atoms with Gasteiger partial charge in [0, 0.05) is 37.9 Å². The SMILES string of the molecule is O=C1C(CC(=O)N2CCc3ccccc32)NCCN1Cc1cc(F)cc(F)c1. The Labute approximate surface area is 161 Å². The maximum atomic E-state index is 13.4. The van der Waals surface area contributed by atoms with Crippen molar-refractivity contribution < 1.29 is 18.4 Å². The molecule has 1 saturated heterocycles. The highest BCUT2D eigenvalue weighted by atomic mass is 19.1. The van der Waals surface area contributed by atoms with Crippen molar-refractivity contribution >= 4 is 17.5 Å². The van der Waals surface area contributed by atoms with Crippen molar-refractivity contribution in [2.75, 3.05) is 24.5 Å². The number of halogens is 2. The summed E-state index contributed by atoms with van der Waals surface area (Å²) in [4.78, 5) is 28.9. The molecule has 1 unspecified atom stereocenters. The van der Waals surface area contributed by atoms with Crippen LogP contribution >= 0.6 is 0 Å². The van der Waals surface area contributed by atoms with Crippen molar-refractivity contribution in [3.8, 4) is 0 Å². The van der Waals surface area contributed by atoms with Gasteiger partial charge in [-0.05, 0) is 35.7 Å². The maximum absolute atomic E-state index is 13.4. The number of nitrogens with one attached hydrogen (secondary N) is 1. The van der Waals surface area contributed by atoms with Gasteiger partial charge in [-0.25, -0.2) is 8.78 Å². The summed E-state index contributed by atoms with van der Waals surface area (Å²) in [6, 6.07) is 10.4. The average Bonchev–Trinajstić information content (AvgIpc) is 3.08. The Kier molecular flexibility index (Phi) is 5.09. The minimum absolute atomic E-state index is 0.0567. The Hall–Kier alpha value is -2.80. The van der Waals surface area contributed by atoms with Gasteiger partial charge in [-0.2, -0.15) is 0 Å². The zero-order valence-electron chi connectivity index (χ0n) is 15.3. The largest absolute Gasteiger partial charge is 0.336 e. The highest BCUT2D eigenvalue weighted by molar-refractivity contribution is 5.98.